The van der Waals surface area contributed by atoms with Crippen molar-refractivity contribution in [3.05, 3.63) is 83.9 Å². The van der Waals surface area contributed by atoms with Gasteiger partial charge in [-0.3, -0.25) is 9.98 Å². The smallest absolute Gasteiger partial charge is 0.169 e. The van der Waals surface area contributed by atoms with Crippen LogP contribution in [0, 0.1) is 0 Å². The molecule has 4 aromatic carbocycles. The van der Waals surface area contributed by atoms with Crippen LogP contribution in [0.15, 0.2) is 82.8 Å². The highest BCUT2D eigenvalue weighted by molar-refractivity contribution is 5.93. The van der Waals surface area contributed by atoms with E-state index in [1.165, 1.54) is 0 Å². The predicted molar refractivity (Wildman–Crippen MR) is 193 cm³/mol. The molecule has 4 aliphatic rings. The first-order valence-electron chi connectivity index (χ1n) is 17.3. The van der Waals surface area contributed by atoms with Crippen LogP contribution in [0.2, 0.25) is 0 Å². The minimum Gasteiger partial charge on any atom is -0.493 e. The summed E-state index contributed by atoms with van der Waals surface area (Å²) in [5, 5.41) is 0. The summed E-state index contributed by atoms with van der Waals surface area (Å²) in [5.74, 6) is 3.71. The summed E-state index contributed by atoms with van der Waals surface area (Å²) in [6, 6.07) is 23.0. The lowest BCUT2D eigenvalue weighted by atomic mass is 9.97. The van der Waals surface area contributed by atoms with Gasteiger partial charge in [-0.15, -0.1) is 0 Å². The van der Waals surface area contributed by atoms with Gasteiger partial charge in [-0.05, 0) is 83.9 Å². The lowest BCUT2D eigenvalue weighted by Crippen LogP contribution is -2.09. The highest BCUT2D eigenvalue weighted by Crippen LogP contribution is 2.47. The molecule has 8 rings (SSSR count). The molecule has 0 saturated carbocycles. The molecule has 0 spiro atoms. The second-order valence-corrected chi connectivity index (χ2v) is 12.8. The van der Waals surface area contributed by atoms with Gasteiger partial charge in [-0.25, -0.2) is 0 Å². The van der Waals surface area contributed by atoms with Crippen LogP contribution in [0.25, 0.3) is 11.1 Å². The van der Waals surface area contributed by atoms with Crippen LogP contribution >= 0.6 is 0 Å². The molecule has 4 aromatic rings. The molecule has 4 fully saturated rings. The fraction of sp³-hybridized carbons (Fsp3) is 0.350. The normalized spacial score (nSPS) is 21.2. The van der Waals surface area contributed by atoms with Crippen LogP contribution in [0.5, 0.6) is 34.5 Å². The van der Waals surface area contributed by atoms with E-state index in [0.717, 1.165) is 58.3 Å². The number of methoxy groups -OCH3 is 2. The molecule has 0 aromatic heterocycles. The zero-order chi connectivity index (χ0) is 35.3. The van der Waals surface area contributed by atoms with Gasteiger partial charge < -0.3 is 47.4 Å². The quantitative estimate of drug-likeness (QED) is 0.0847. The maximum absolute atomic E-state index is 6.41. The van der Waals surface area contributed by atoms with Gasteiger partial charge >= 0.3 is 0 Å². The van der Waals surface area contributed by atoms with Crippen LogP contribution in [0.4, 0.5) is 11.4 Å². The van der Waals surface area contributed by atoms with Crippen LogP contribution in [0.1, 0.15) is 11.1 Å². The number of hydrogen-bond donors (Lipinski definition) is 0. The lowest BCUT2D eigenvalue weighted by Gasteiger charge is -2.20. The fourth-order valence-corrected chi connectivity index (χ4v) is 5.34. The Morgan fingerprint density at radius 2 is 0.865 bits per heavy atom. The van der Waals surface area contributed by atoms with Crippen molar-refractivity contribution >= 4 is 23.8 Å². The standard InChI is InChI=1S/C40H40N2O10/c1-43-37-13-25(15-41-27-3-7-29(8-4-27)45-17-31-19-47-31)11-35(39(37)51-23-33-21-49-33)36-12-26(14-38(44-2)40(36)52-24-34-22-50-34)16-42-28-5-9-30(10-6-28)46-18-32-20-48-32/h3-16,31-34H,17-24H2,1-2H3/b41-15+,42-16+. The fourth-order valence-electron chi connectivity index (χ4n) is 5.34. The molecular weight excluding hydrogens is 668 g/mol. The average molecular weight is 709 g/mol. The van der Waals surface area contributed by atoms with Crippen LogP contribution < -0.4 is 28.4 Å². The molecule has 12 nitrogen and oxygen atoms in total. The van der Waals surface area contributed by atoms with E-state index in [0.29, 0.717) is 62.6 Å². The van der Waals surface area contributed by atoms with Gasteiger partial charge in [0.25, 0.3) is 0 Å². The molecule has 4 heterocycles. The van der Waals surface area contributed by atoms with Crippen LogP contribution in [-0.4, -0.2) is 104 Å². The van der Waals surface area contributed by atoms with Crippen molar-refractivity contribution in [1.82, 2.24) is 0 Å². The maximum Gasteiger partial charge on any atom is 0.169 e. The van der Waals surface area contributed by atoms with Gasteiger partial charge in [0, 0.05) is 23.6 Å². The predicted octanol–water partition coefficient (Wildman–Crippen LogP) is 5.98. The number of aliphatic imine (C=N–C) groups is 2. The van der Waals surface area contributed by atoms with Crippen molar-refractivity contribution < 1.29 is 47.4 Å². The number of hydrogen-bond acceptors (Lipinski definition) is 12. The third-order valence-electron chi connectivity index (χ3n) is 8.59. The molecule has 0 amide bonds. The van der Waals surface area contributed by atoms with Crippen molar-refractivity contribution in [2.24, 2.45) is 9.98 Å². The molecule has 52 heavy (non-hydrogen) atoms. The Labute approximate surface area is 301 Å². The molecule has 4 saturated heterocycles. The highest BCUT2D eigenvalue weighted by atomic mass is 16.6. The zero-order valence-corrected chi connectivity index (χ0v) is 29.0. The molecule has 0 N–H and O–H groups in total. The summed E-state index contributed by atoms with van der Waals surface area (Å²) >= 11 is 0. The maximum atomic E-state index is 6.41. The molecule has 0 aliphatic carbocycles. The third-order valence-corrected chi connectivity index (χ3v) is 8.59. The van der Waals surface area contributed by atoms with Crippen molar-refractivity contribution in [3.63, 3.8) is 0 Å². The molecule has 270 valence electrons. The lowest BCUT2D eigenvalue weighted by molar-refractivity contribution is 0.250. The minimum atomic E-state index is 0.0251. The first-order chi connectivity index (χ1) is 25.6. The zero-order valence-electron chi connectivity index (χ0n) is 29.0. The highest BCUT2D eigenvalue weighted by Gasteiger charge is 2.29. The summed E-state index contributed by atoms with van der Waals surface area (Å²) in [6.45, 7) is 4.64. The van der Waals surface area contributed by atoms with Crippen molar-refractivity contribution in [2.75, 3.05) is 67.1 Å². The largest absolute Gasteiger partial charge is 0.493 e. The summed E-state index contributed by atoms with van der Waals surface area (Å²) < 4.78 is 57.6. The molecule has 4 atom stereocenters. The summed E-state index contributed by atoms with van der Waals surface area (Å²) in [5.41, 5.74) is 4.58. The number of benzene rings is 4. The SMILES string of the molecule is COc1cc(/C=N/c2ccc(OCC3CO3)cc2)cc(-c2cc(/C=N/c3ccc(OCC4CO4)cc3)cc(OC)c2OCC2CO2)c1OCC1CO1. The van der Waals surface area contributed by atoms with E-state index in [4.69, 9.17) is 57.4 Å². The van der Waals surface area contributed by atoms with Gasteiger partial charge in [0.2, 0.25) is 0 Å². The van der Waals surface area contributed by atoms with Gasteiger partial charge in [-0.2, -0.15) is 0 Å². The van der Waals surface area contributed by atoms with Crippen LogP contribution in [0.3, 0.4) is 0 Å². The van der Waals surface area contributed by atoms with E-state index in [9.17, 15) is 0 Å². The van der Waals surface area contributed by atoms with E-state index in [-0.39, 0.29) is 24.4 Å². The molecule has 12 heteroatoms. The van der Waals surface area contributed by atoms with Crippen LogP contribution in [-0.2, 0) is 18.9 Å². The minimum absolute atomic E-state index is 0.0251. The van der Waals surface area contributed by atoms with E-state index in [2.05, 4.69) is 0 Å². The first kappa shape index (κ1) is 34.0. The summed E-state index contributed by atoms with van der Waals surface area (Å²) in [4.78, 5) is 9.51. The average Bonchev–Trinajstić information content (AvgIpc) is 3.99. The van der Waals surface area contributed by atoms with Gasteiger partial charge in [-0.1, -0.05) is 0 Å². The van der Waals surface area contributed by atoms with Crippen molar-refractivity contribution in [2.45, 2.75) is 24.4 Å². The second kappa shape index (κ2) is 15.6. The molecule has 4 unspecified atom stereocenters. The Bertz CT molecular complexity index is 1760. The number of nitrogens with zero attached hydrogens (tertiary/aromatic N) is 2. The van der Waals surface area contributed by atoms with E-state index >= 15 is 0 Å². The summed E-state index contributed by atoms with van der Waals surface area (Å²) in [7, 11) is 3.24. The Kier molecular flexibility index (Phi) is 10.2. The van der Waals surface area contributed by atoms with Gasteiger partial charge in [0.05, 0.1) is 52.0 Å². The monoisotopic (exact) mass is 708 g/mol. The Morgan fingerprint density at radius 1 is 0.519 bits per heavy atom. The molecule has 0 radical (unpaired) electrons. The molecule has 4 aliphatic heterocycles. The molecular formula is C40H40N2O10. The first-order valence-corrected chi connectivity index (χ1v) is 17.3. The number of rotatable bonds is 19. The Balaban J connectivity index is 1.13. The topological polar surface area (TPSA) is 130 Å². The Morgan fingerprint density at radius 3 is 1.19 bits per heavy atom. The Hall–Kier alpha value is -5.14. The summed E-state index contributed by atoms with van der Waals surface area (Å²) in [6.07, 6.45) is 4.02. The van der Waals surface area contributed by atoms with E-state index in [1.54, 1.807) is 26.6 Å². The van der Waals surface area contributed by atoms with Crippen molar-refractivity contribution in [3.8, 4) is 45.6 Å². The second-order valence-electron chi connectivity index (χ2n) is 12.8. The third kappa shape index (κ3) is 9.20. The van der Waals surface area contributed by atoms with E-state index in [1.807, 2.05) is 72.8 Å². The van der Waals surface area contributed by atoms with E-state index < -0.39 is 0 Å². The van der Waals surface area contributed by atoms with Gasteiger partial charge in [0.15, 0.2) is 23.0 Å². The van der Waals surface area contributed by atoms with Crippen molar-refractivity contribution in [1.29, 1.82) is 0 Å². The van der Waals surface area contributed by atoms with Gasteiger partial charge in [0.1, 0.15) is 62.3 Å². The number of epoxide rings is 4. The number of ether oxygens (including phenoxy) is 10. The molecule has 0 bridgehead atoms.